The van der Waals surface area contributed by atoms with E-state index in [0.29, 0.717) is 34.7 Å². The molecule has 3 aliphatic carbocycles. The quantitative estimate of drug-likeness (QED) is 0.401. The van der Waals surface area contributed by atoms with E-state index >= 15 is 0 Å². The first-order valence-corrected chi connectivity index (χ1v) is 13.4. The number of nitrogens with zero attached hydrogens (tertiary/aromatic N) is 1. The van der Waals surface area contributed by atoms with Crippen LogP contribution in [0.25, 0.3) is 0 Å². The Kier molecular flexibility index (Phi) is 4.89. The van der Waals surface area contributed by atoms with Crippen molar-refractivity contribution in [2.75, 3.05) is 6.61 Å². The van der Waals surface area contributed by atoms with Crippen molar-refractivity contribution >= 4 is 0 Å². The minimum Gasteiger partial charge on any atom is -0.377 e. The highest BCUT2D eigenvalue weighted by Crippen LogP contribution is 2.73. The van der Waals surface area contributed by atoms with Crippen molar-refractivity contribution < 1.29 is 9.47 Å². The fraction of sp³-hybridized carbons (Fsp3) is 0.966. The normalized spacial score (nSPS) is 56.0. The molecule has 0 aromatic rings. The Hall–Kier alpha value is -0.590. The minimum absolute atomic E-state index is 0.0930. The summed E-state index contributed by atoms with van der Waals surface area (Å²) in [4.78, 5) is 0. The molecule has 5 aliphatic rings. The van der Waals surface area contributed by atoms with Crippen molar-refractivity contribution in [1.82, 2.24) is 0 Å². The van der Waals surface area contributed by atoms with Gasteiger partial charge in [-0.05, 0) is 110 Å². The SMILES string of the molecule is CC1(C)CC[C@]2(C)CC[C@]3(C)[C@H](OC[C@@H]4[C@@]5(C)CC(C#N)OC(C)(C)C5CC[C@]43C)[C@H]2C1. The summed E-state index contributed by atoms with van der Waals surface area (Å²) in [6.07, 6.45) is 10.1. The van der Waals surface area contributed by atoms with Gasteiger partial charge in [-0.1, -0.05) is 41.5 Å². The number of ether oxygens (including phenoxy) is 2. The van der Waals surface area contributed by atoms with Gasteiger partial charge in [-0.3, -0.25) is 0 Å². The zero-order chi connectivity index (χ0) is 23.4. The van der Waals surface area contributed by atoms with Crippen LogP contribution in [0.15, 0.2) is 0 Å². The zero-order valence-corrected chi connectivity index (χ0v) is 22.0. The Labute approximate surface area is 197 Å². The summed E-state index contributed by atoms with van der Waals surface area (Å²) >= 11 is 0. The number of nitriles is 1. The Balaban J connectivity index is 1.54. The molecular weight excluding hydrogens is 394 g/mol. The monoisotopic (exact) mass is 441 g/mol. The van der Waals surface area contributed by atoms with E-state index in [1.54, 1.807) is 0 Å². The van der Waals surface area contributed by atoms with Crippen LogP contribution in [-0.4, -0.2) is 24.4 Å². The molecule has 0 bridgehead atoms. The van der Waals surface area contributed by atoms with Gasteiger partial charge < -0.3 is 9.47 Å². The summed E-state index contributed by atoms with van der Waals surface area (Å²) in [6.45, 7) is 20.5. The van der Waals surface area contributed by atoms with Gasteiger partial charge in [0.1, 0.15) is 6.10 Å². The maximum Gasteiger partial charge on any atom is 0.145 e. The van der Waals surface area contributed by atoms with E-state index in [1.807, 2.05) is 0 Å². The largest absolute Gasteiger partial charge is 0.377 e. The van der Waals surface area contributed by atoms with E-state index in [9.17, 15) is 5.26 Å². The van der Waals surface area contributed by atoms with E-state index in [4.69, 9.17) is 9.47 Å². The van der Waals surface area contributed by atoms with Crippen molar-refractivity contribution in [3.05, 3.63) is 0 Å². The maximum absolute atomic E-state index is 9.83. The number of hydrogen-bond donors (Lipinski definition) is 0. The van der Waals surface area contributed by atoms with Crippen molar-refractivity contribution in [2.24, 2.45) is 44.8 Å². The molecule has 9 atom stereocenters. The summed E-state index contributed by atoms with van der Waals surface area (Å²) in [6, 6.07) is 2.48. The first-order chi connectivity index (χ1) is 14.7. The maximum atomic E-state index is 9.83. The minimum atomic E-state index is -0.298. The molecule has 3 nitrogen and oxygen atoms in total. The molecule has 5 rings (SSSR count). The Bertz CT molecular complexity index is 828. The fourth-order valence-electron chi connectivity index (χ4n) is 10.1. The number of rotatable bonds is 0. The summed E-state index contributed by atoms with van der Waals surface area (Å²) in [5.74, 6) is 1.66. The molecule has 2 saturated heterocycles. The average molecular weight is 442 g/mol. The molecule has 180 valence electrons. The Morgan fingerprint density at radius 3 is 2.16 bits per heavy atom. The molecule has 3 heteroatoms. The molecule has 2 heterocycles. The summed E-state index contributed by atoms with van der Waals surface area (Å²) in [5.41, 5.74) is 1.19. The van der Waals surface area contributed by atoms with E-state index in [2.05, 4.69) is 61.5 Å². The lowest BCUT2D eigenvalue weighted by atomic mass is 9.36. The second-order valence-electron chi connectivity index (χ2n) is 14.9. The second-order valence-corrected chi connectivity index (χ2v) is 14.9. The first-order valence-electron chi connectivity index (χ1n) is 13.4. The molecule has 2 unspecified atom stereocenters. The van der Waals surface area contributed by atoms with E-state index in [-0.39, 0.29) is 27.9 Å². The van der Waals surface area contributed by atoms with Gasteiger partial charge in [0, 0.05) is 0 Å². The van der Waals surface area contributed by atoms with Crippen LogP contribution in [0, 0.1) is 56.2 Å². The predicted octanol–water partition coefficient (Wildman–Crippen LogP) is 7.15. The van der Waals surface area contributed by atoms with Crippen LogP contribution in [0.3, 0.4) is 0 Å². The summed E-state index contributed by atoms with van der Waals surface area (Å²) in [7, 11) is 0. The average Bonchev–Trinajstić information content (AvgIpc) is 2.68. The van der Waals surface area contributed by atoms with Gasteiger partial charge in [0.2, 0.25) is 0 Å². The molecule has 0 spiro atoms. The van der Waals surface area contributed by atoms with Crippen molar-refractivity contribution in [3.63, 3.8) is 0 Å². The molecule has 0 amide bonds. The molecule has 32 heavy (non-hydrogen) atoms. The lowest BCUT2D eigenvalue weighted by molar-refractivity contribution is -0.315. The van der Waals surface area contributed by atoms with Crippen molar-refractivity contribution in [3.8, 4) is 6.07 Å². The third-order valence-corrected chi connectivity index (χ3v) is 12.4. The predicted molar refractivity (Wildman–Crippen MR) is 128 cm³/mol. The number of fused-ring (bicyclic) bond motifs is 7. The molecular formula is C29H47NO2. The second kappa shape index (κ2) is 6.75. The first kappa shape index (κ1) is 23.2. The van der Waals surface area contributed by atoms with E-state index < -0.39 is 0 Å². The number of hydrogen-bond acceptors (Lipinski definition) is 3. The van der Waals surface area contributed by atoms with Gasteiger partial charge in [0.25, 0.3) is 0 Å². The van der Waals surface area contributed by atoms with Gasteiger partial charge in [0.05, 0.1) is 24.4 Å². The van der Waals surface area contributed by atoms with Crippen LogP contribution < -0.4 is 0 Å². The highest BCUT2D eigenvalue weighted by molar-refractivity contribution is 5.19. The molecule has 2 aliphatic heterocycles. The van der Waals surface area contributed by atoms with E-state index in [0.717, 1.165) is 13.0 Å². The van der Waals surface area contributed by atoms with Crippen molar-refractivity contribution in [1.29, 1.82) is 5.26 Å². The Morgan fingerprint density at radius 2 is 1.47 bits per heavy atom. The smallest absolute Gasteiger partial charge is 0.145 e. The standard InChI is InChI=1S/C29H47NO2/c1-24(2)11-12-26(5)13-14-29(8)23(20(26)16-24)31-18-22-27(6)15-19(17-30)32-25(3,4)21(27)9-10-28(22,29)7/h19-23H,9-16,18H2,1-8H3/t19?,20-,21?,22-,23-,26-,27+,28-,29-/m1/s1. The van der Waals surface area contributed by atoms with Gasteiger partial charge in [0.15, 0.2) is 0 Å². The van der Waals surface area contributed by atoms with Crippen LogP contribution >= 0.6 is 0 Å². The molecule has 0 aromatic carbocycles. The van der Waals surface area contributed by atoms with Gasteiger partial charge in [-0.25, -0.2) is 0 Å². The Morgan fingerprint density at radius 1 is 0.781 bits per heavy atom. The lowest BCUT2D eigenvalue weighted by Gasteiger charge is -2.72. The highest BCUT2D eigenvalue weighted by atomic mass is 16.5. The van der Waals surface area contributed by atoms with Gasteiger partial charge >= 0.3 is 0 Å². The molecule has 0 aromatic heterocycles. The topological polar surface area (TPSA) is 42.2 Å². The summed E-state index contributed by atoms with van der Waals surface area (Å²) in [5, 5.41) is 9.83. The summed E-state index contributed by atoms with van der Waals surface area (Å²) < 4.78 is 13.4. The van der Waals surface area contributed by atoms with Crippen LogP contribution in [0.2, 0.25) is 0 Å². The molecule has 0 N–H and O–H groups in total. The van der Waals surface area contributed by atoms with Crippen molar-refractivity contribution in [2.45, 2.75) is 125 Å². The third-order valence-electron chi connectivity index (χ3n) is 12.4. The van der Waals surface area contributed by atoms with Crippen LogP contribution in [-0.2, 0) is 9.47 Å². The molecule has 5 fully saturated rings. The molecule has 3 saturated carbocycles. The fourth-order valence-corrected chi connectivity index (χ4v) is 10.1. The van der Waals surface area contributed by atoms with Crippen LogP contribution in [0.5, 0.6) is 0 Å². The lowest BCUT2D eigenvalue weighted by Crippen LogP contribution is -2.71. The third kappa shape index (κ3) is 2.90. The van der Waals surface area contributed by atoms with Crippen LogP contribution in [0.4, 0.5) is 0 Å². The zero-order valence-electron chi connectivity index (χ0n) is 22.0. The highest BCUT2D eigenvalue weighted by Gasteiger charge is 2.70. The van der Waals surface area contributed by atoms with Gasteiger partial charge in [-0.2, -0.15) is 5.26 Å². The van der Waals surface area contributed by atoms with Crippen LogP contribution in [0.1, 0.15) is 107 Å². The van der Waals surface area contributed by atoms with E-state index in [1.165, 1.54) is 44.9 Å². The van der Waals surface area contributed by atoms with Gasteiger partial charge in [-0.15, -0.1) is 0 Å². The molecule has 0 radical (unpaired) electrons.